The molecule has 174 valence electrons. The minimum absolute atomic E-state index is 0.0420. The van der Waals surface area contributed by atoms with Crippen LogP contribution in [-0.4, -0.2) is 58.1 Å². The largest absolute Gasteiger partial charge is 0.598 e. The summed E-state index contributed by atoms with van der Waals surface area (Å²) in [4.78, 5) is 16.4. The number of amides is 1. The van der Waals surface area contributed by atoms with Gasteiger partial charge in [-0.3, -0.25) is 4.79 Å². The van der Waals surface area contributed by atoms with Gasteiger partial charge in [0.15, 0.2) is 5.82 Å². The van der Waals surface area contributed by atoms with Crippen LogP contribution in [0, 0.1) is 5.82 Å². The second-order valence-corrected chi connectivity index (χ2v) is 10.8. The number of anilines is 1. The Kier molecular flexibility index (Phi) is 7.83. The predicted octanol–water partition coefficient (Wildman–Crippen LogP) is 4.48. The van der Waals surface area contributed by atoms with E-state index in [2.05, 4.69) is 0 Å². The maximum absolute atomic E-state index is 15.3. The van der Waals surface area contributed by atoms with Crippen LogP contribution in [0.4, 0.5) is 10.1 Å². The summed E-state index contributed by atoms with van der Waals surface area (Å²) in [5.74, 6) is -0.703. The van der Waals surface area contributed by atoms with Crippen molar-refractivity contribution in [2.45, 2.75) is 26.4 Å². The molecule has 2 aromatic carbocycles. The first kappa shape index (κ1) is 24.9. The molecule has 10 heteroatoms. The molecular formula is C22H26Cl2FN3O3S. The second-order valence-electron chi connectivity index (χ2n) is 8.03. The van der Waals surface area contributed by atoms with E-state index < -0.39 is 16.2 Å². The van der Waals surface area contributed by atoms with E-state index in [0.29, 0.717) is 47.5 Å². The van der Waals surface area contributed by atoms with Crippen LogP contribution in [0.2, 0.25) is 10.0 Å². The molecular weight excluding hydrogens is 476 g/mol. The first-order chi connectivity index (χ1) is 15.0. The van der Waals surface area contributed by atoms with Crippen LogP contribution in [0.5, 0.6) is 0 Å². The number of rotatable bonds is 6. The molecule has 1 unspecified atom stereocenters. The van der Waals surface area contributed by atoms with E-state index in [4.69, 9.17) is 23.2 Å². The highest BCUT2D eigenvalue weighted by Gasteiger charge is 2.29. The van der Waals surface area contributed by atoms with Crippen molar-refractivity contribution in [2.24, 2.45) is 0 Å². The summed E-state index contributed by atoms with van der Waals surface area (Å²) in [5, 5.41) is 0.591. The normalized spacial score (nSPS) is 16.5. The third-order valence-electron chi connectivity index (χ3n) is 5.47. The van der Waals surface area contributed by atoms with E-state index in [1.807, 2.05) is 4.90 Å². The first-order valence-corrected chi connectivity index (χ1v) is 12.8. The molecule has 3 rings (SSSR count). The Bertz CT molecular complexity index is 1020. The summed E-state index contributed by atoms with van der Waals surface area (Å²) in [7, 11) is -3.48. The summed E-state index contributed by atoms with van der Waals surface area (Å²) in [6.45, 7) is 5.08. The molecule has 1 amide bonds. The number of carbonyl (C=O) groups excluding carboxylic acids is 1. The standard InChI is InChI=1S/C22H26Cl2FN3O3S/c1-15(2)28(32(3,30)31)14-16-6-4-9-19(21(16)25)26-10-12-27(13-11-26)22(29)20-17(23)7-5-8-18(20)24/h4-9,15H,10-14H2,1-3H3. The van der Waals surface area contributed by atoms with E-state index in [-0.39, 0.29) is 24.1 Å². The lowest BCUT2D eigenvalue weighted by Gasteiger charge is -2.37. The van der Waals surface area contributed by atoms with Gasteiger partial charge in [0.1, 0.15) is 16.7 Å². The molecule has 1 saturated heterocycles. The van der Waals surface area contributed by atoms with Crippen molar-refractivity contribution in [3.8, 4) is 0 Å². The molecule has 0 radical (unpaired) electrons. The summed E-state index contributed by atoms with van der Waals surface area (Å²) >= 11 is 12.3. The number of nitrogens with zero attached hydrogens (tertiary/aromatic N) is 3. The zero-order valence-corrected chi connectivity index (χ0v) is 20.5. The fourth-order valence-electron chi connectivity index (χ4n) is 3.79. The molecule has 0 spiro atoms. The van der Waals surface area contributed by atoms with Crippen molar-refractivity contribution < 1.29 is 17.9 Å². The van der Waals surface area contributed by atoms with Crippen LogP contribution in [0.15, 0.2) is 36.4 Å². The Morgan fingerprint density at radius 3 is 2.22 bits per heavy atom. The SMILES string of the molecule is CC(C)N(Cc1cccc(N2CCN(C(=O)c3c(Cl)cccc3Cl)CC2)c1F)[S+](C)(=O)[O-]. The van der Waals surface area contributed by atoms with Crippen LogP contribution < -0.4 is 4.90 Å². The smallest absolute Gasteiger partial charge is 0.257 e. The van der Waals surface area contributed by atoms with Gasteiger partial charge >= 0.3 is 0 Å². The zero-order chi connectivity index (χ0) is 23.6. The van der Waals surface area contributed by atoms with E-state index >= 15 is 4.39 Å². The van der Waals surface area contributed by atoms with Crippen molar-refractivity contribution >= 4 is 45.2 Å². The van der Waals surface area contributed by atoms with Crippen LogP contribution in [-0.2, 0) is 21.2 Å². The maximum Gasteiger partial charge on any atom is 0.257 e. The van der Waals surface area contributed by atoms with Crippen molar-refractivity contribution in [2.75, 3.05) is 37.3 Å². The lowest BCUT2D eigenvalue weighted by molar-refractivity contribution is 0.0747. The number of hydrogen-bond donors (Lipinski definition) is 0. The predicted molar refractivity (Wildman–Crippen MR) is 126 cm³/mol. The van der Waals surface area contributed by atoms with Gasteiger partial charge in [0.05, 0.1) is 27.8 Å². The fourth-order valence-corrected chi connectivity index (χ4v) is 5.49. The summed E-state index contributed by atoms with van der Waals surface area (Å²) in [5.41, 5.74) is 0.970. The molecule has 0 N–H and O–H groups in total. The minimum atomic E-state index is -3.48. The van der Waals surface area contributed by atoms with Crippen molar-refractivity contribution in [1.29, 1.82) is 0 Å². The van der Waals surface area contributed by atoms with Gasteiger partial charge in [0, 0.05) is 37.8 Å². The van der Waals surface area contributed by atoms with Crippen molar-refractivity contribution in [1.82, 2.24) is 9.21 Å². The van der Waals surface area contributed by atoms with Gasteiger partial charge in [-0.25, -0.2) is 4.39 Å². The molecule has 0 aliphatic carbocycles. The Balaban J connectivity index is 1.74. The van der Waals surface area contributed by atoms with E-state index in [1.54, 1.807) is 55.1 Å². The van der Waals surface area contributed by atoms with Gasteiger partial charge in [-0.1, -0.05) is 45.6 Å². The molecule has 1 fully saturated rings. The number of benzene rings is 2. The molecule has 0 aromatic heterocycles. The van der Waals surface area contributed by atoms with Gasteiger partial charge in [0.2, 0.25) is 0 Å². The number of hydrogen-bond acceptors (Lipinski definition) is 4. The van der Waals surface area contributed by atoms with Gasteiger partial charge in [-0.2, -0.15) is 0 Å². The first-order valence-electron chi connectivity index (χ1n) is 10.2. The highest BCUT2D eigenvalue weighted by Crippen LogP contribution is 2.29. The second kappa shape index (κ2) is 10.1. The third-order valence-corrected chi connectivity index (χ3v) is 7.50. The Labute approximate surface area is 199 Å². The highest BCUT2D eigenvalue weighted by atomic mass is 35.5. The summed E-state index contributed by atoms with van der Waals surface area (Å²) in [6, 6.07) is 9.61. The molecule has 1 aliphatic heterocycles. The Morgan fingerprint density at radius 1 is 1.12 bits per heavy atom. The van der Waals surface area contributed by atoms with E-state index in [0.717, 1.165) is 6.26 Å². The van der Waals surface area contributed by atoms with Crippen LogP contribution in [0.1, 0.15) is 29.8 Å². The Hall–Kier alpha value is -1.71. The van der Waals surface area contributed by atoms with Crippen molar-refractivity contribution in [3.05, 3.63) is 63.4 Å². The monoisotopic (exact) mass is 501 g/mol. The van der Waals surface area contributed by atoms with Crippen LogP contribution in [0.3, 0.4) is 0 Å². The average Bonchev–Trinajstić information content (AvgIpc) is 2.71. The van der Waals surface area contributed by atoms with Gasteiger partial charge in [0.25, 0.3) is 5.91 Å². The Morgan fingerprint density at radius 2 is 1.69 bits per heavy atom. The van der Waals surface area contributed by atoms with Crippen molar-refractivity contribution in [3.63, 3.8) is 0 Å². The number of carbonyl (C=O) groups is 1. The van der Waals surface area contributed by atoms with E-state index in [1.165, 1.54) is 4.31 Å². The van der Waals surface area contributed by atoms with E-state index in [9.17, 15) is 13.6 Å². The van der Waals surface area contributed by atoms with Gasteiger partial charge in [-0.15, -0.1) is 4.31 Å². The minimum Gasteiger partial charge on any atom is -0.598 e. The molecule has 2 aromatic rings. The molecule has 0 bridgehead atoms. The van der Waals surface area contributed by atoms with Gasteiger partial charge < -0.3 is 14.4 Å². The highest BCUT2D eigenvalue weighted by molar-refractivity contribution is 7.94. The quantitative estimate of drug-likeness (QED) is 0.547. The summed E-state index contributed by atoms with van der Waals surface area (Å²) < 4.78 is 40.7. The molecule has 32 heavy (non-hydrogen) atoms. The lowest BCUT2D eigenvalue weighted by Crippen LogP contribution is -2.49. The molecule has 0 saturated carbocycles. The average molecular weight is 502 g/mol. The van der Waals surface area contributed by atoms with Crippen LogP contribution in [0.25, 0.3) is 0 Å². The summed E-state index contributed by atoms with van der Waals surface area (Å²) in [6.07, 6.45) is 1.12. The molecule has 6 nitrogen and oxygen atoms in total. The molecule has 1 aliphatic rings. The topological polar surface area (TPSA) is 66.9 Å². The number of sulfonamides is 1. The number of piperazine rings is 1. The molecule has 1 heterocycles. The van der Waals surface area contributed by atoms with Gasteiger partial charge in [-0.05, 0) is 32.0 Å². The van der Waals surface area contributed by atoms with Crippen LogP contribution >= 0.6 is 23.2 Å². The fraction of sp³-hybridized carbons (Fsp3) is 0.409. The maximum atomic E-state index is 15.3. The number of halogens is 3. The lowest BCUT2D eigenvalue weighted by atomic mass is 10.1. The third kappa shape index (κ3) is 5.43. The zero-order valence-electron chi connectivity index (χ0n) is 18.2. The molecule has 1 atom stereocenters.